The molecule has 1 heterocycles. The van der Waals surface area contributed by atoms with E-state index < -0.39 is 48.6 Å². The Morgan fingerprint density at radius 3 is 2.02 bits per heavy atom. The van der Waals surface area contributed by atoms with Crippen LogP contribution in [0.5, 0.6) is 0 Å². The number of nitrogens with zero attached hydrogens (tertiary/aromatic N) is 2. The fourth-order valence-electron chi connectivity index (χ4n) is 7.20. The maximum Gasteiger partial charge on any atom is 0.417 e. The molecule has 1 aliphatic rings. The maximum absolute atomic E-state index is 14.7. The van der Waals surface area contributed by atoms with Gasteiger partial charge in [0, 0.05) is 55.5 Å². The highest BCUT2D eigenvalue weighted by atomic mass is 19.4. The van der Waals surface area contributed by atoms with Crippen LogP contribution in [0, 0.1) is 6.92 Å². The molecular weight excluding hydrogens is 725 g/mol. The van der Waals surface area contributed by atoms with Crippen molar-refractivity contribution in [3.63, 3.8) is 0 Å². The molecule has 0 aromatic heterocycles. The minimum Gasteiger partial charge on any atom is -0.480 e. The Labute approximate surface area is 324 Å². The van der Waals surface area contributed by atoms with Gasteiger partial charge in [0.15, 0.2) is 0 Å². The molecule has 56 heavy (non-hydrogen) atoms. The quantitative estimate of drug-likeness (QED) is 0.0894. The molecule has 1 aliphatic heterocycles. The molecule has 1 unspecified atom stereocenters. The first-order chi connectivity index (χ1) is 26.8. The molecule has 0 bridgehead atoms. The highest BCUT2D eigenvalue weighted by Gasteiger charge is 2.36. The summed E-state index contributed by atoms with van der Waals surface area (Å²) in [5, 5.41) is 22.9. The molecule has 0 saturated carbocycles. The van der Waals surface area contributed by atoms with E-state index in [0.29, 0.717) is 44.0 Å². The average Bonchev–Trinajstić information content (AvgIpc) is 3.18. The third-order valence-electron chi connectivity index (χ3n) is 10.2. The molecule has 2 amide bonds. The predicted molar refractivity (Wildman–Crippen MR) is 208 cm³/mol. The summed E-state index contributed by atoms with van der Waals surface area (Å²) >= 11 is 0. The summed E-state index contributed by atoms with van der Waals surface area (Å²) in [4.78, 5) is 52.5. The largest absolute Gasteiger partial charge is 0.480 e. The Kier molecular flexibility index (Phi) is 13.9. The minimum atomic E-state index is -4.75. The van der Waals surface area contributed by atoms with E-state index in [1.54, 1.807) is 18.2 Å². The molecule has 13 heteroatoms. The van der Waals surface area contributed by atoms with Gasteiger partial charge in [-0.2, -0.15) is 13.2 Å². The molecule has 1 saturated heterocycles. The Morgan fingerprint density at radius 1 is 0.750 bits per heavy atom. The summed E-state index contributed by atoms with van der Waals surface area (Å²) in [6, 6.07) is 23.4. The van der Waals surface area contributed by atoms with E-state index in [-0.39, 0.29) is 22.6 Å². The van der Waals surface area contributed by atoms with Crippen LogP contribution >= 0.6 is 0 Å². The molecule has 5 rings (SSSR count). The monoisotopic (exact) mass is 772 g/mol. The molecule has 0 radical (unpaired) electrons. The standard InChI is InChI=1S/C43H47F3N4O6/c1-3-4-5-10-29-23-30(16-15-28(29)2)37(33-12-7-9-14-36(33)42(56)48-26-40(53)54)27-49-19-21-50(22-20-49)31-17-18-34(38(24-31)43(44,45)46)32-11-6-8-13-35(32)41(55)47-25-39(51)52/h6-9,11-18,23-24,37H,3-5,10,19-22,25-27H2,1-2H3,(H,47,55)(H,48,56)(H,51,52)(H,53,54). The second-order valence-electron chi connectivity index (χ2n) is 14.0. The van der Waals surface area contributed by atoms with Crippen molar-refractivity contribution in [2.24, 2.45) is 0 Å². The summed E-state index contributed by atoms with van der Waals surface area (Å²) in [6.07, 6.45) is -0.583. The third-order valence-corrected chi connectivity index (χ3v) is 10.2. The lowest BCUT2D eigenvalue weighted by Gasteiger charge is -2.38. The fraction of sp³-hybridized carbons (Fsp3) is 0.349. The number of carbonyl (C=O) groups is 4. The smallest absolute Gasteiger partial charge is 0.417 e. The number of piperazine rings is 1. The van der Waals surface area contributed by atoms with Crippen molar-refractivity contribution in [2.45, 2.75) is 51.6 Å². The van der Waals surface area contributed by atoms with Gasteiger partial charge in [0.05, 0.1) is 5.56 Å². The summed E-state index contributed by atoms with van der Waals surface area (Å²) < 4.78 is 44.0. The number of carboxylic acid groups (broad SMARTS) is 2. The van der Waals surface area contributed by atoms with Gasteiger partial charge in [0.25, 0.3) is 11.8 Å². The number of aliphatic carboxylic acids is 2. The van der Waals surface area contributed by atoms with E-state index in [1.807, 2.05) is 17.0 Å². The summed E-state index contributed by atoms with van der Waals surface area (Å²) in [7, 11) is 0. The molecule has 0 spiro atoms. The zero-order chi connectivity index (χ0) is 40.4. The number of benzene rings is 4. The SMILES string of the molecule is CCCCCc1cc(C(CN2CCN(c3ccc(-c4ccccc4C(=O)NCC(=O)O)c(C(F)(F)F)c3)CC2)c2ccccc2C(=O)NCC(=O)O)ccc1C. The van der Waals surface area contributed by atoms with E-state index >= 15 is 0 Å². The molecule has 1 fully saturated rings. The highest BCUT2D eigenvalue weighted by molar-refractivity contribution is 6.02. The zero-order valence-corrected chi connectivity index (χ0v) is 31.5. The van der Waals surface area contributed by atoms with Crippen LogP contribution in [-0.4, -0.2) is 84.7 Å². The van der Waals surface area contributed by atoms with Crippen LogP contribution in [0.25, 0.3) is 11.1 Å². The van der Waals surface area contributed by atoms with Crippen LogP contribution in [-0.2, 0) is 22.2 Å². The number of nitrogens with one attached hydrogen (secondary N) is 2. The summed E-state index contributed by atoms with van der Waals surface area (Å²) in [5.41, 5.74) is 3.79. The summed E-state index contributed by atoms with van der Waals surface area (Å²) in [5.74, 6) is -3.97. The number of anilines is 1. The molecule has 10 nitrogen and oxygen atoms in total. The Bertz CT molecular complexity index is 2040. The fourth-order valence-corrected chi connectivity index (χ4v) is 7.20. The third kappa shape index (κ3) is 10.5. The normalized spacial score (nSPS) is 13.9. The van der Waals surface area contributed by atoms with Gasteiger partial charge >= 0.3 is 18.1 Å². The van der Waals surface area contributed by atoms with E-state index in [0.717, 1.165) is 42.9 Å². The number of carboxylic acids is 2. The topological polar surface area (TPSA) is 139 Å². The van der Waals surface area contributed by atoms with Crippen LogP contribution < -0.4 is 15.5 Å². The molecule has 1 atom stereocenters. The van der Waals surface area contributed by atoms with Crippen molar-refractivity contribution in [3.8, 4) is 11.1 Å². The van der Waals surface area contributed by atoms with E-state index in [2.05, 4.69) is 47.6 Å². The number of halogens is 3. The van der Waals surface area contributed by atoms with Gasteiger partial charge in [-0.1, -0.05) is 80.4 Å². The average molecular weight is 773 g/mol. The Hall–Kier alpha value is -5.69. The van der Waals surface area contributed by atoms with Gasteiger partial charge < -0.3 is 25.7 Å². The number of carbonyl (C=O) groups excluding carboxylic acids is 2. The molecule has 4 aromatic carbocycles. The van der Waals surface area contributed by atoms with Crippen LogP contribution in [0.4, 0.5) is 18.9 Å². The maximum atomic E-state index is 14.7. The predicted octanol–water partition coefficient (Wildman–Crippen LogP) is 7.00. The zero-order valence-electron chi connectivity index (χ0n) is 31.5. The Balaban J connectivity index is 1.41. The van der Waals surface area contributed by atoms with Gasteiger partial charge in [-0.3, -0.25) is 24.1 Å². The van der Waals surface area contributed by atoms with Crippen molar-refractivity contribution in [3.05, 3.63) is 124 Å². The van der Waals surface area contributed by atoms with Crippen molar-refractivity contribution in [2.75, 3.05) is 50.7 Å². The second kappa shape index (κ2) is 18.8. The minimum absolute atomic E-state index is 0.0340. The Morgan fingerprint density at radius 2 is 1.38 bits per heavy atom. The molecule has 296 valence electrons. The van der Waals surface area contributed by atoms with Crippen LogP contribution in [0.15, 0.2) is 84.9 Å². The van der Waals surface area contributed by atoms with Crippen LogP contribution in [0.2, 0.25) is 0 Å². The van der Waals surface area contributed by atoms with E-state index in [4.69, 9.17) is 5.11 Å². The van der Waals surface area contributed by atoms with Crippen LogP contribution in [0.3, 0.4) is 0 Å². The van der Waals surface area contributed by atoms with Crippen molar-refractivity contribution < 1.29 is 42.6 Å². The number of amides is 2. The van der Waals surface area contributed by atoms with Crippen LogP contribution in [0.1, 0.15) is 80.6 Å². The first-order valence-corrected chi connectivity index (χ1v) is 18.7. The number of alkyl halides is 3. The molecular formula is C43H47F3N4O6. The van der Waals surface area contributed by atoms with Gasteiger partial charge in [-0.15, -0.1) is 0 Å². The van der Waals surface area contributed by atoms with E-state index in [9.17, 15) is 37.5 Å². The van der Waals surface area contributed by atoms with Crippen molar-refractivity contribution in [1.29, 1.82) is 0 Å². The molecule has 4 N–H and O–H groups in total. The first-order valence-electron chi connectivity index (χ1n) is 18.7. The second-order valence-corrected chi connectivity index (χ2v) is 14.0. The van der Waals surface area contributed by atoms with Crippen molar-refractivity contribution in [1.82, 2.24) is 15.5 Å². The number of hydrogen-bond donors (Lipinski definition) is 4. The van der Waals surface area contributed by atoms with Gasteiger partial charge in [-0.25, -0.2) is 0 Å². The molecule has 0 aliphatic carbocycles. The summed E-state index contributed by atoms with van der Waals surface area (Å²) in [6.45, 7) is 5.46. The van der Waals surface area contributed by atoms with Crippen molar-refractivity contribution >= 4 is 29.4 Å². The van der Waals surface area contributed by atoms with Gasteiger partial charge in [-0.05, 0) is 77.4 Å². The van der Waals surface area contributed by atoms with Gasteiger partial charge in [0.1, 0.15) is 13.1 Å². The lowest BCUT2D eigenvalue weighted by atomic mass is 9.85. The van der Waals surface area contributed by atoms with E-state index in [1.165, 1.54) is 41.5 Å². The van der Waals surface area contributed by atoms with Gasteiger partial charge in [0.2, 0.25) is 0 Å². The number of rotatable bonds is 16. The number of hydrogen-bond acceptors (Lipinski definition) is 6. The molecule has 4 aromatic rings. The number of aryl methyl sites for hydroxylation is 2. The number of unbranched alkanes of at least 4 members (excludes halogenated alkanes) is 2. The highest BCUT2D eigenvalue weighted by Crippen LogP contribution is 2.41. The lowest BCUT2D eigenvalue weighted by molar-refractivity contribution is -0.137. The lowest BCUT2D eigenvalue weighted by Crippen LogP contribution is -2.47. The first kappa shape index (κ1) is 41.5.